The quantitative estimate of drug-likeness (QED) is 0.709. The molecule has 1 N–H and O–H groups in total. The zero-order valence-electron chi connectivity index (χ0n) is 11.3. The van der Waals surface area contributed by atoms with Crippen LogP contribution in [0.3, 0.4) is 0 Å². The summed E-state index contributed by atoms with van der Waals surface area (Å²) in [5.74, 6) is 0.771. The molecule has 3 rings (SSSR count). The first-order valence-corrected chi connectivity index (χ1v) is 8.45. The minimum absolute atomic E-state index is 0.0369. The smallest absolute Gasteiger partial charge is 0.225 e. The third-order valence-electron chi connectivity index (χ3n) is 2.89. The Hall–Kier alpha value is -1.85. The van der Waals surface area contributed by atoms with Crippen LogP contribution in [0.1, 0.15) is 6.42 Å². The Kier molecular flexibility index (Phi) is 4.52. The number of thioether (sulfide) groups is 1. The van der Waals surface area contributed by atoms with E-state index in [2.05, 4.69) is 16.4 Å². The first kappa shape index (κ1) is 14.1. The molecule has 0 aliphatic heterocycles. The zero-order chi connectivity index (χ0) is 14.5. The van der Waals surface area contributed by atoms with Gasteiger partial charge in [0.1, 0.15) is 0 Å². The third kappa shape index (κ3) is 3.83. The molecule has 21 heavy (non-hydrogen) atoms. The summed E-state index contributed by atoms with van der Waals surface area (Å²) < 4.78 is 2.21. The van der Waals surface area contributed by atoms with Gasteiger partial charge in [-0.3, -0.25) is 4.79 Å². The predicted octanol–water partition coefficient (Wildman–Crippen LogP) is 4.42. The molecular weight excluding hydrogens is 300 g/mol. The summed E-state index contributed by atoms with van der Waals surface area (Å²) >= 11 is 3.30. The van der Waals surface area contributed by atoms with E-state index in [4.69, 9.17) is 0 Å². The monoisotopic (exact) mass is 314 g/mol. The number of carbonyl (C=O) groups excluding carboxylic acids is 1. The fraction of sp³-hybridized carbons (Fsp3) is 0.125. The molecule has 0 fully saturated rings. The van der Waals surface area contributed by atoms with E-state index in [0.29, 0.717) is 6.42 Å². The molecule has 5 heteroatoms. The molecule has 1 amide bonds. The van der Waals surface area contributed by atoms with Crippen molar-refractivity contribution in [2.24, 2.45) is 0 Å². The van der Waals surface area contributed by atoms with Gasteiger partial charge in [0.15, 0.2) is 4.34 Å². The first-order valence-electron chi connectivity index (χ1n) is 6.64. The van der Waals surface area contributed by atoms with Gasteiger partial charge in [-0.2, -0.15) is 0 Å². The number of rotatable bonds is 5. The van der Waals surface area contributed by atoms with Crippen molar-refractivity contribution < 1.29 is 4.79 Å². The summed E-state index contributed by atoms with van der Waals surface area (Å²) in [6.45, 7) is 0. The van der Waals surface area contributed by atoms with Gasteiger partial charge < -0.3 is 5.32 Å². The Morgan fingerprint density at radius 2 is 1.86 bits per heavy atom. The van der Waals surface area contributed by atoms with Gasteiger partial charge in [-0.05, 0) is 24.3 Å². The van der Waals surface area contributed by atoms with E-state index in [1.807, 2.05) is 48.5 Å². The van der Waals surface area contributed by atoms with Crippen LogP contribution >= 0.6 is 23.1 Å². The van der Waals surface area contributed by atoms with Crippen molar-refractivity contribution in [3.63, 3.8) is 0 Å². The summed E-state index contributed by atoms with van der Waals surface area (Å²) in [5.41, 5.74) is 1.87. The predicted molar refractivity (Wildman–Crippen MR) is 90.0 cm³/mol. The number of aromatic nitrogens is 1. The first-order chi connectivity index (χ1) is 10.3. The van der Waals surface area contributed by atoms with Gasteiger partial charge in [-0.1, -0.05) is 42.1 Å². The largest absolute Gasteiger partial charge is 0.326 e. The van der Waals surface area contributed by atoms with Crippen LogP contribution in [0.15, 0.2) is 58.9 Å². The maximum atomic E-state index is 11.8. The van der Waals surface area contributed by atoms with Crippen molar-refractivity contribution in [1.82, 2.24) is 4.98 Å². The molecule has 0 atom stereocenters. The van der Waals surface area contributed by atoms with Gasteiger partial charge in [0.2, 0.25) is 5.91 Å². The number of hydrogen-bond acceptors (Lipinski definition) is 4. The molecular formula is C16H14N2OS2. The van der Waals surface area contributed by atoms with Crippen molar-refractivity contribution in [2.45, 2.75) is 10.8 Å². The lowest BCUT2D eigenvalue weighted by atomic mass is 10.3. The Morgan fingerprint density at radius 3 is 2.67 bits per heavy atom. The molecule has 1 heterocycles. The number of nitrogens with zero attached hydrogens (tertiary/aromatic N) is 1. The number of benzene rings is 2. The fourth-order valence-electron chi connectivity index (χ4n) is 1.89. The lowest BCUT2D eigenvalue weighted by Crippen LogP contribution is -2.11. The number of fused-ring (bicyclic) bond motifs is 1. The van der Waals surface area contributed by atoms with Crippen LogP contribution in [-0.2, 0) is 4.79 Å². The summed E-state index contributed by atoms with van der Waals surface area (Å²) in [4.78, 5) is 16.4. The molecule has 0 saturated heterocycles. The molecule has 0 saturated carbocycles. The Bertz CT molecular complexity index is 707. The van der Waals surface area contributed by atoms with Gasteiger partial charge >= 0.3 is 0 Å². The molecule has 0 bridgehead atoms. The van der Waals surface area contributed by atoms with Gasteiger partial charge in [0, 0.05) is 17.9 Å². The van der Waals surface area contributed by atoms with E-state index in [1.54, 1.807) is 23.1 Å². The Morgan fingerprint density at radius 1 is 1.10 bits per heavy atom. The topological polar surface area (TPSA) is 42.0 Å². The van der Waals surface area contributed by atoms with Gasteiger partial charge in [-0.15, -0.1) is 11.3 Å². The van der Waals surface area contributed by atoms with Crippen LogP contribution in [0.4, 0.5) is 5.69 Å². The summed E-state index contributed by atoms with van der Waals surface area (Å²) in [6.07, 6.45) is 0.482. The van der Waals surface area contributed by atoms with Gasteiger partial charge in [0.25, 0.3) is 0 Å². The van der Waals surface area contributed by atoms with Crippen molar-refractivity contribution in [1.29, 1.82) is 0 Å². The lowest BCUT2D eigenvalue weighted by molar-refractivity contribution is -0.115. The minimum Gasteiger partial charge on any atom is -0.326 e. The maximum absolute atomic E-state index is 11.8. The lowest BCUT2D eigenvalue weighted by Gasteiger charge is -2.03. The average Bonchev–Trinajstić information content (AvgIpc) is 2.91. The van der Waals surface area contributed by atoms with Crippen LogP contribution in [0.5, 0.6) is 0 Å². The number of hydrogen-bond donors (Lipinski definition) is 1. The number of nitrogens with one attached hydrogen (secondary N) is 1. The van der Waals surface area contributed by atoms with Gasteiger partial charge in [0.05, 0.1) is 10.2 Å². The minimum atomic E-state index is 0.0369. The Labute approximate surface area is 131 Å². The van der Waals surface area contributed by atoms with E-state index in [9.17, 15) is 4.79 Å². The summed E-state index contributed by atoms with van der Waals surface area (Å²) in [6, 6.07) is 17.6. The molecule has 0 radical (unpaired) electrons. The second-order valence-corrected chi connectivity index (χ2v) is 6.83. The number of para-hydroxylation sites is 2. The average molecular weight is 314 g/mol. The zero-order valence-corrected chi connectivity index (χ0v) is 12.9. The molecule has 106 valence electrons. The van der Waals surface area contributed by atoms with Crippen molar-refractivity contribution >= 4 is 44.9 Å². The molecule has 3 aromatic rings. The van der Waals surface area contributed by atoms with E-state index >= 15 is 0 Å². The summed E-state index contributed by atoms with van der Waals surface area (Å²) in [7, 11) is 0. The highest BCUT2D eigenvalue weighted by Crippen LogP contribution is 2.29. The van der Waals surface area contributed by atoms with E-state index in [0.717, 1.165) is 21.3 Å². The van der Waals surface area contributed by atoms with Crippen LogP contribution in [0.2, 0.25) is 0 Å². The van der Waals surface area contributed by atoms with Crippen molar-refractivity contribution in [2.75, 3.05) is 11.1 Å². The van der Waals surface area contributed by atoms with Crippen molar-refractivity contribution in [3.8, 4) is 0 Å². The summed E-state index contributed by atoms with van der Waals surface area (Å²) in [5, 5.41) is 2.89. The highest BCUT2D eigenvalue weighted by atomic mass is 32.2. The number of anilines is 1. The highest BCUT2D eigenvalue weighted by Gasteiger charge is 2.06. The highest BCUT2D eigenvalue weighted by molar-refractivity contribution is 8.01. The third-order valence-corrected chi connectivity index (χ3v) is 5.07. The molecule has 1 aromatic heterocycles. The van der Waals surface area contributed by atoms with Crippen LogP contribution in [0.25, 0.3) is 10.2 Å². The molecule has 0 aliphatic rings. The van der Waals surface area contributed by atoms with E-state index in [-0.39, 0.29) is 5.91 Å². The van der Waals surface area contributed by atoms with Gasteiger partial charge in [-0.25, -0.2) is 4.98 Å². The Balaban J connectivity index is 1.50. The van der Waals surface area contributed by atoms with Crippen LogP contribution < -0.4 is 5.32 Å². The number of thiazole rings is 1. The van der Waals surface area contributed by atoms with Crippen LogP contribution in [-0.4, -0.2) is 16.6 Å². The van der Waals surface area contributed by atoms with E-state index < -0.39 is 0 Å². The molecule has 3 nitrogen and oxygen atoms in total. The van der Waals surface area contributed by atoms with Crippen LogP contribution in [0, 0.1) is 0 Å². The molecule has 0 aliphatic carbocycles. The SMILES string of the molecule is O=C(CCSc1nc2ccccc2s1)Nc1ccccc1. The molecule has 2 aromatic carbocycles. The second kappa shape index (κ2) is 6.74. The number of carbonyl (C=O) groups is 1. The molecule has 0 unspecified atom stereocenters. The fourth-order valence-corrected chi connectivity index (χ4v) is 3.97. The standard InChI is InChI=1S/C16H14N2OS2/c19-15(17-12-6-2-1-3-7-12)10-11-20-16-18-13-8-4-5-9-14(13)21-16/h1-9H,10-11H2,(H,17,19). The van der Waals surface area contributed by atoms with E-state index in [1.165, 1.54) is 4.70 Å². The maximum Gasteiger partial charge on any atom is 0.225 e. The number of amides is 1. The molecule has 0 spiro atoms. The second-order valence-electron chi connectivity index (χ2n) is 4.46. The normalized spacial score (nSPS) is 10.7. The van der Waals surface area contributed by atoms with Crippen molar-refractivity contribution in [3.05, 3.63) is 54.6 Å².